The molecule has 56 heavy (non-hydrogen) atoms. The van der Waals surface area contributed by atoms with Gasteiger partial charge in [0.05, 0.1) is 0 Å². The molecule has 5 amide bonds. The van der Waals surface area contributed by atoms with Gasteiger partial charge in [-0.3, -0.25) is 39.7 Å². The molecule has 2 aliphatic rings. The number of rotatable bonds is 12. The Kier molecular flexibility index (Phi) is 10.7. The minimum absolute atomic E-state index is 0.0500. The van der Waals surface area contributed by atoms with Crippen LogP contribution in [0.5, 0.6) is 11.5 Å². The van der Waals surface area contributed by atoms with E-state index in [2.05, 4.69) is 41.4 Å². The van der Waals surface area contributed by atoms with Crippen molar-refractivity contribution >= 4 is 87.0 Å². The molecule has 4 aromatic rings. The molecule has 5 heterocycles. The number of carbonyl (C=O) groups excluding carboxylic acids is 5. The number of nitrogens with two attached hydrogens (primary N) is 2. The SMILES string of the molecule is Cc1cc(SCC2=C(C(=O)O)N3C(=O)[C@@H](NC(=O)C(=NOC(C)(C)C(=O)NNC(=O)c4ccc(O)c(O)c4)c4csc(N)n4)[C@H]3SC2)nc2nc(C(N)=O)nn12. The molecule has 0 bridgehead atoms. The number of phenolic OH excluding ortho intramolecular Hbond substituents is 2. The number of benzene rings is 1. The largest absolute Gasteiger partial charge is 0.504 e. The molecule has 10 N–H and O–H groups in total. The number of thioether (sulfide) groups is 2. The van der Waals surface area contributed by atoms with E-state index in [9.17, 15) is 44.1 Å². The van der Waals surface area contributed by atoms with Crippen molar-refractivity contribution in [2.45, 2.75) is 42.8 Å². The molecule has 0 spiro atoms. The minimum atomic E-state index is -1.82. The molecule has 0 saturated carbocycles. The molecule has 22 nitrogen and oxygen atoms in total. The molecule has 25 heteroatoms. The van der Waals surface area contributed by atoms with Gasteiger partial charge in [-0.05, 0) is 50.6 Å². The van der Waals surface area contributed by atoms with Gasteiger partial charge in [-0.1, -0.05) is 5.16 Å². The van der Waals surface area contributed by atoms with Crippen LogP contribution >= 0.6 is 34.9 Å². The van der Waals surface area contributed by atoms with Gasteiger partial charge in [-0.15, -0.1) is 40.0 Å². The van der Waals surface area contributed by atoms with Crippen molar-refractivity contribution in [3.63, 3.8) is 0 Å². The summed E-state index contributed by atoms with van der Waals surface area (Å²) >= 11 is 3.39. The van der Waals surface area contributed by atoms with E-state index in [1.807, 2.05) is 0 Å². The number of aromatic hydroxyl groups is 2. The predicted molar refractivity (Wildman–Crippen MR) is 198 cm³/mol. The fourth-order valence-corrected chi connectivity index (χ4v) is 8.11. The van der Waals surface area contributed by atoms with Crippen LogP contribution in [-0.4, -0.2) is 115 Å². The van der Waals surface area contributed by atoms with Crippen LogP contribution < -0.4 is 27.6 Å². The quantitative estimate of drug-likeness (QED) is 0.0222. The number of oxime groups is 1. The number of carboxylic acid groups (broad SMARTS) is 1. The highest BCUT2D eigenvalue weighted by Gasteiger charge is 2.54. The molecule has 0 aliphatic carbocycles. The maximum Gasteiger partial charge on any atom is 0.352 e. The van der Waals surface area contributed by atoms with Crippen molar-refractivity contribution in [1.29, 1.82) is 0 Å². The van der Waals surface area contributed by atoms with Crippen molar-refractivity contribution < 1.29 is 48.9 Å². The van der Waals surface area contributed by atoms with Gasteiger partial charge in [-0.25, -0.2) is 19.3 Å². The van der Waals surface area contributed by atoms with Crippen LogP contribution in [0.1, 0.15) is 46.2 Å². The van der Waals surface area contributed by atoms with E-state index in [1.54, 1.807) is 13.0 Å². The van der Waals surface area contributed by atoms with Crippen LogP contribution in [0, 0.1) is 6.92 Å². The lowest BCUT2D eigenvalue weighted by Gasteiger charge is -2.49. The summed E-state index contributed by atoms with van der Waals surface area (Å²) in [4.78, 5) is 95.4. The second kappa shape index (κ2) is 15.3. The number of primary amides is 1. The van der Waals surface area contributed by atoms with Gasteiger partial charge in [0.1, 0.15) is 27.8 Å². The normalized spacial score (nSPS) is 16.9. The van der Waals surface area contributed by atoms with Gasteiger partial charge in [-0.2, -0.15) is 4.98 Å². The highest BCUT2D eigenvalue weighted by atomic mass is 32.2. The first-order valence-corrected chi connectivity index (χ1v) is 18.8. The number of aryl methyl sites for hydroxylation is 1. The first-order valence-electron chi connectivity index (χ1n) is 15.9. The molecule has 0 radical (unpaired) electrons. The number of β-lactam (4-membered cyclic amide) rings is 1. The summed E-state index contributed by atoms with van der Waals surface area (Å²) in [5, 5.41) is 40.8. The first-order chi connectivity index (χ1) is 26.4. The van der Waals surface area contributed by atoms with Crippen molar-refractivity contribution in [3.05, 3.63) is 63.7 Å². The van der Waals surface area contributed by atoms with E-state index in [0.29, 0.717) is 16.3 Å². The number of fused-ring (bicyclic) bond motifs is 2. The fourth-order valence-electron chi connectivity index (χ4n) is 5.13. The van der Waals surface area contributed by atoms with E-state index in [0.717, 1.165) is 28.4 Å². The lowest BCUT2D eigenvalue weighted by Crippen LogP contribution is -2.71. The zero-order valence-corrected chi connectivity index (χ0v) is 31.6. The van der Waals surface area contributed by atoms with Gasteiger partial charge < -0.3 is 36.9 Å². The lowest BCUT2D eigenvalue weighted by molar-refractivity contribution is -0.150. The minimum Gasteiger partial charge on any atom is -0.504 e. The highest BCUT2D eigenvalue weighted by molar-refractivity contribution is 8.01. The maximum absolute atomic E-state index is 13.6. The lowest BCUT2D eigenvalue weighted by atomic mass is 10.0. The second-order valence-electron chi connectivity index (χ2n) is 12.4. The summed E-state index contributed by atoms with van der Waals surface area (Å²) < 4.78 is 1.35. The zero-order chi connectivity index (χ0) is 40.6. The van der Waals surface area contributed by atoms with E-state index in [1.165, 1.54) is 53.3 Å². The Balaban J connectivity index is 1.13. The number of nitrogens with zero attached hydrogens (tertiary/aromatic N) is 7. The van der Waals surface area contributed by atoms with Gasteiger partial charge in [0.15, 0.2) is 22.3 Å². The molecule has 1 saturated heterocycles. The molecule has 2 aliphatic heterocycles. The van der Waals surface area contributed by atoms with Crippen LogP contribution in [0.2, 0.25) is 0 Å². The molecule has 1 aromatic carbocycles. The number of thiazole rings is 1. The van der Waals surface area contributed by atoms with Crippen LogP contribution in [0.4, 0.5) is 5.13 Å². The molecule has 6 rings (SSSR count). The monoisotopic (exact) mass is 826 g/mol. The Hall–Kier alpha value is -6.47. The Labute approximate surface area is 326 Å². The van der Waals surface area contributed by atoms with Gasteiger partial charge in [0.25, 0.3) is 35.3 Å². The van der Waals surface area contributed by atoms with E-state index in [-0.39, 0.29) is 45.2 Å². The average Bonchev–Trinajstić information content (AvgIpc) is 3.79. The molecule has 2 atom stereocenters. The Morgan fingerprint density at radius 3 is 2.52 bits per heavy atom. The number of aliphatic carboxylic acids is 1. The number of aromatic nitrogens is 5. The summed E-state index contributed by atoms with van der Waals surface area (Å²) in [5.74, 6) is -6.34. The summed E-state index contributed by atoms with van der Waals surface area (Å²) in [5.41, 5.74) is 13.7. The number of carbonyl (C=O) groups is 6. The Bertz CT molecular complexity index is 2390. The summed E-state index contributed by atoms with van der Waals surface area (Å²) in [7, 11) is 0. The molecule has 3 aromatic heterocycles. The number of hydrazine groups is 1. The third-order valence-electron chi connectivity index (χ3n) is 8.04. The van der Waals surface area contributed by atoms with Gasteiger partial charge in [0.2, 0.25) is 11.4 Å². The molecule has 0 unspecified atom stereocenters. The zero-order valence-electron chi connectivity index (χ0n) is 29.2. The molecule has 292 valence electrons. The summed E-state index contributed by atoms with van der Waals surface area (Å²) in [6.07, 6.45) is 0. The number of nitrogens with one attached hydrogen (secondary N) is 3. The van der Waals surface area contributed by atoms with Crippen LogP contribution in [-0.2, 0) is 24.0 Å². The standard InChI is InChI=1S/C31H30N12O10S3/c1-11-6-17(35-30-37-22(21(32)46)40-43(11)30)54-8-13-9-55-26-19(25(49)42(26)20(13)27(50)51)36-24(48)18(14-10-56-29(33)34-14)41-53-31(2,3)28(52)39-38-23(47)12-4-5-15(44)16(45)7-12/h4-7,10,19,26,44-45H,8-9H2,1-3H3,(H2,32,46)(H2,33,34)(H,36,48)(H,38,47)(H,39,52)(H,50,51)/t19-,26-/m1/s1. The second-order valence-corrected chi connectivity index (χ2v) is 15.4. The predicted octanol–water partition coefficient (Wildman–Crippen LogP) is -0.527. The fraction of sp³-hybridized carbons (Fsp3) is 0.258. The van der Waals surface area contributed by atoms with Crippen molar-refractivity contribution in [2.24, 2.45) is 10.9 Å². The number of phenols is 2. The third kappa shape index (κ3) is 7.85. The van der Waals surface area contributed by atoms with E-state index < -0.39 is 69.7 Å². The summed E-state index contributed by atoms with van der Waals surface area (Å²) in [6.45, 7) is 4.28. The number of hydrogen-bond donors (Lipinski definition) is 8. The molecular formula is C31H30N12O10S3. The Morgan fingerprint density at radius 2 is 1.86 bits per heavy atom. The van der Waals surface area contributed by atoms with Crippen LogP contribution in [0.15, 0.2) is 51.1 Å². The topological polar surface area (TPSA) is 332 Å². The number of anilines is 1. The van der Waals surface area contributed by atoms with E-state index in [4.69, 9.17) is 16.3 Å². The highest BCUT2D eigenvalue weighted by Crippen LogP contribution is 2.41. The number of nitrogen functional groups attached to an aromatic ring is 1. The third-order valence-corrected chi connectivity index (χ3v) is 11.0. The van der Waals surface area contributed by atoms with Crippen molar-refractivity contribution in [1.82, 2.24) is 45.6 Å². The summed E-state index contributed by atoms with van der Waals surface area (Å²) in [6, 6.07) is 3.76. The molecular weight excluding hydrogens is 797 g/mol. The first kappa shape index (κ1) is 39.2. The molecule has 1 fully saturated rings. The Morgan fingerprint density at radius 1 is 1.11 bits per heavy atom. The average molecular weight is 827 g/mol. The van der Waals surface area contributed by atoms with E-state index >= 15 is 0 Å². The smallest absolute Gasteiger partial charge is 0.352 e. The van der Waals surface area contributed by atoms with Crippen LogP contribution in [0.3, 0.4) is 0 Å². The maximum atomic E-state index is 13.6. The number of amides is 5. The van der Waals surface area contributed by atoms with Crippen molar-refractivity contribution in [2.75, 3.05) is 17.2 Å². The van der Waals surface area contributed by atoms with Gasteiger partial charge >= 0.3 is 5.97 Å². The number of hydrogen-bond acceptors (Lipinski definition) is 18. The van der Waals surface area contributed by atoms with Crippen LogP contribution in [0.25, 0.3) is 5.78 Å². The van der Waals surface area contributed by atoms with Crippen molar-refractivity contribution in [3.8, 4) is 11.5 Å². The van der Waals surface area contributed by atoms with Gasteiger partial charge in [0, 0.05) is 28.1 Å². The number of carboxylic acids is 1.